The average molecular weight is 660 g/mol. The molecular formula is C37H45N3O4S2. The summed E-state index contributed by atoms with van der Waals surface area (Å²) >= 11 is 2.03. The number of rotatable bonds is 9. The number of piperidine rings is 1. The van der Waals surface area contributed by atoms with E-state index in [0.717, 1.165) is 56.8 Å². The van der Waals surface area contributed by atoms with Gasteiger partial charge in [0.25, 0.3) is 0 Å². The molecule has 1 saturated carbocycles. The summed E-state index contributed by atoms with van der Waals surface area (Å²) in [6.45, 7) is 9.97. The number of carboxylic acids is 1. The van der Waals surface area contributed by atoms with Crippen molar-refractivity contribution in [1.29, 1.82) is 0 Å². The fraction of sp³-hybridized carbons (Fsp3) is 0.486. The topological polar surface area (TPSA) is 81.2 Å². The van der Waals surface area contributed by atoms with Gasteiger partial charge in [0.15, 0.2) is 0 Å². The molecule has 3 heterocycles. The van der Waals surface area contributed by atoms with Gasteiger partial charge in [-0.05, 0) is 104 Å². The highest BCUT2D eigenvalue weighted by atomic mass is 32.2. The molecule has 0 amide bonds. The minimum atomic E-state index is -3.71. The molecule has 3 aromatic rings. The van der Waals surface area contributed by atoms with Gasteiger partial charge >= 0.3 is 5.97 Å². The van der Waals surface area contributed by atoms with Crippen molar-refractivity contribution >= 4 is 33.4 Å². The van der Waals surface area contributed by atoms with Crippen LogP contribution in [0.2, 0.25) is 0 Å². The lowest BCUT2D eigenvalue weighted by molar-refractivity contribution is 0.0545. The monoisotopic (exact) mass is 659 g/mol. The summed E-state index contributed by atoms with van der Waals surface area (Å²) in [4.78, 5) is 16.5. The highest BCUT2D eigenvalue weighted by molar-refractivity contribution is 7.97. The molecule has 1 unspecified atom stereocenters. The van der Waals surface area contributed by atoms with Gasteiger partial charge in [0.1, 0.15) is 0 Å². The largest absolute Gasteiger partial charge is 0.478 e. The average Bonchev–Trinajstić information content (AvgIpc) is 3.62. The zero-order valence-electron chi connectivity index (χ0n) is 26.7. The Morgan fingerprint density at radius 1 is 0.870 bits per heavy atom. The molecule has 1 aliphatic carbocycles. The lowest BCUT2D eigenvalue weighted by atomic mass is 9.57. The summed E-state index contributed by atoms with van der Waals surface area (Å²) in [6, 6.07) is 21.8. The van der Waals surface area contributed by atoms with Crippen molar-refractivity contribution in [2.45, 2.75) is 72.4 Å². The summed E-state index contributed by atoms with van der Waals surface area (Å²) in [5.74, 6) is 0.447. The SMILES string of the molecule is CCN1Cc2ccccc2C(C2CCCC2)(C2CCN(SC3CN(c4ccc(S(=O)(=O)c5ccc(C(=O)O)cc5)cc4)C3)CC2)C1. The highest BCUT2D eigenvalue weighted by Gasteiger charge is 2.51. The number of hydrogen-bond donors (Lipinski definition) is 1. The van der Waals surface area contributed by atoms with Gasteiger partial charge in [0.05, 0.1) is 20.6 Å². The van der Waals surface area contributed by atoms with Crippen LogP contribution in [0.5, 0.6) is 0 Å². The maximum absolute atomic E-state index is 13.1. The van der Waals surface area contributed by atoms with E-state index in [0.29, 0.717) is 5.25 Å². The lowest BCUT2D eigenvalue weighted by Crippen LogP contribution is -2.56. The number of nitrogens with zero attached hydrogens (tertiary/aromatic N) is 3. The van der Waals surface area contributed by atoms with Crippen LogP contribution in [0.4, 0.5) is 5.69 Å². The van der Waals surface area contributed by atoms with Crippen LogP contribution in [0.3, 0.4) is 0 Å². The maximum atomic E-state index is 13.1. The summed E-state index contributed by atoms with van der Waals surface area (Å²) in [5.41, 5.74) is 4.62. The number of carboxylic acid groups (broad SMARTS) is 1. The molecule has 7 nitrogen and oxygen atoms in total. The molecule has 46 heavy (non-hydrogen) atoms. The third-order valence-corrected chi connectivity index (χ3v) is 14.2. The predicted molar refractivity (Wildman–Crippen MR) is 184 cm³/mol. The van der Waals surface area contributed by atoms with E-state index in [4.69, 9.17) is 5.11 Å². The fourth-order valence-corrected chi connectivity index (χ4v) is 11.3. The molecular weight excluding hydrogens is 615 g/mol. The van der Waals surface area contributed by atoms with E-state index in [1.54, 1.807) is 23.3 Å². The van der Waals surface area contributed by atoms with Gasteiger partial charge in [-0.1, -0.05) is 56.0 Å². The number of anilines is 1. The number of benzene rings is 3. The van der Waals surface area contributed by atoms with Crippen molar-refractivity contribution in [3.63, 3.8) is 0 Å². The van der Waals surface area contributed by atoms with Gasteiger partial charge in [0, 0.05) is 50.4 Å². The molecule has 3 aliphatic heterocycles. The Kier molecular flexibility index (Phi) is 8.96. The number of aromatic carboxylic acids is 1. The van der Waals surface area contributed by atoms with Crippen molar-refractivity contribution < 1.29 is 18.3 Å². The third-order valence-electron chi connectivity index (χ3n) is 11.2. The molecule has 244 valence electrons. The Morgan fingerprint density at radius 2 is 1.48 bits per heavy atom. The van der Waals surface area contributed by atoms with Crippen LogP contribution in [-0.2, 0) is 21.8 Å². The van der Waals surface area contributed by atoms with Crippen LogP contribution >= 0.6 is 11.9 Å². The Bertz CT molecular complexity index is 1640. The van der Waals surface area contributed by atoms with Gasteiger partial charge in [-0.3, -0.25) is 9.21 Å². The van der Waals surface area contributed by atoms with E-state index in [-0.39, 0.29) is 20.8 Å². The predicted octanol–water partition coefficient (Wildman–Crippen LogP) is 6.73. The molecule has 1 atom stereocenters. The molecule has 0 radical (unpaired) electrons. The first-order chi connectivity index (χ1) is 22.3. The number of likely N-dealkylation sites (N-methyl/N-ethyl adjacent to an activating group) is 1. The lowest BCUT2D eigenvalue weighted by Gasteiger charge is -2.54. The van der Waals surface area contributed by atoms with E-state index in [1.807, 2.05) is 24.1 Å². The molecule has 1 N–H and O–H groups in total. The van der Waals surface area contributed by atoms with E-state index in [9.17, 15) is 13.2 Å². The Hall–Kier alpha value is -2.85. The van der Waals surface area contributed by atoms with Crippen LogP contribution in [0.25, 0.3) is 0 Å². The Labute approximate surface area is 278 Å². The first kappa shape index (κ1) is 31.7. The number of sulfone groups is 1. The maximum Gasteiger partial charge on any atom is 0.335 e. The summed E-state index contributed by atoms with van der Waals surface area (Å²) in [5, 5.41) is 9.65. The van der Waals surface area contributed by atoms with Crippen molar-refractivity contribution in [3.05, 3.63) is 89.5 Å². The van der Waals surface area contributed by atoms with Crippen LogP contribution in [0.1, 0.15) is 66.9 Å². The highest BCUT2D eigenvalue weighted by Crippen LogP contribution is 2.53. The second-order valence-electron chi connectivity index (χ2n) is 13.6. The molecule has 2 saturated heterocycles. The molecule has 0 bridgehead atoms. The second-order valence-corrected chi connectivity index (χ2v) is 17.0. The Morgan fingerprint density at radius 3 is 2.11 bits per heavy atom. The summed E-state index contributed by atoms with van der Waals surface area (Å²) < 4.78 is 28.8. The van der Waals surface area contributed by atoms with E-state index < -0.39 is 15.8 Å². The summed E-state index contributed by atoms with van der Waals surface area (Å²) in [6.07, 6.45) is 8.06. The minimum Gasteiger partial charge on any atom is -0.478 e. The van der Waals surface area contributed by atoms with Gasteiger partial charge in [-0.15, -0.1) is 0 Å². The normalized spacial score (nSPS) is 23.7. The third kappa shape index (κ3) is 5.89. The van der Waals surface area contributed by atoms with Crippen LogP contribution in [-0.4, -0.2) is 73.2 Å². The molecule has 4 aliphatic rings. The Balaban J connectivity index is 0.957. The van der Waals surface area contributed by atoms with Crippen molar-refractivity contribution in [3.8, 4) is 0 Å². The smallest absolute Gasteiger partial charge is 0.335 e. The number of carbonyl (C=O) groups is 1. The van der Waals surface area contributed by atoms with Crippen LogP contribution in [0, 0.1) is 11.8 Å². The first-order valence-corrected chi connectivity index (χ1v) is 19.3. The standard InChI is InChI=1S/C37H45N3O4S2/c1-2-38-23-28-7-3-6-10-35(28)37(26-38,29-8-4-5-9-29)30-19-21-40(22-20-30)45-32-24-39(25-32)31-13-17-34(18-14-31)46(43,44)33-15-11-27(12-16-33)36(41)42/h3,6-7,10-18,29-30,32H,2,4-5,8-9,19-26H2,1H3,(H,41,42). The molecule has 0 spiro atoms. The zero-order chi connectivity index (χ0) is 31.9. The first-order valence-electron chi connectivity index (χ1n) is 16.9. The summed E-state index contributed by atoms with van der Waals surface area (Å²) in [7, 11) is -3.71. The molecule has 7 rings (SSSR count). The molecule has 0 aromatic heterocycles. The van der Waals surface area contributed by atoms with Crippen LogP contribution < -0.4 is 4.90 Å². The quantitative estimate of drug-likeness (QED) is 0.254. The zero-order valence-corrected chi connectivity index (χ0v) is 28.3. The fourth-order valence-electron chi connectivity index (χ4n) is 8.71. The van der Waals surface area contributed by atoms with Gasteiger partial charge in [-0.25, -0.2) is 13.2 Å². The van der Waals surface area contributed by atoms with E-state index >= 15 is 0 Å². The van der Waals surface area contributed by atoms with E-state index in [2.05, 4.69) is 45.3 Å². The van der Waals surface area contributed by atoms with Crippen molar-refractivity contribution in [2.75, 3.05) is 44.2 Å². The van der Waals surface area contributed by atoms with Crippen molar-refractivity contribution in [1.82, 2.24) is 9.21 Å². The molecule has 3 aromatic carbocycles. The molecule has 9 heteroatoms. The van der Waals surface area contributed by atoms with Crippen molar-refractivity contribution in [2.24, 2.45) is 11.8 Å². The molecule has 3 fully saturated rings. The van der Waals surface area contributed by atoms with E-state index in [1.165, 1.54) is 69.3 Å². The second kappa shape index (κ2) is 13.0. The van der Waals surface area contributed by atoms with Gasteiger partial charge < -0.3 is 10.0 Å². The van der Waals surface area contributed by atoms with Gasteiger partial charge in [0.2, 0.25) is 9.84 Å². The number of hydrogen-bond acceptors (Lipinski definition) is 7. The number of fused-ring (bicyclic) bond motifs is 1. The minimum absolute atomic E-state index is 0.0650. The van der Waals surface area contributed by atoms with Crippen LogP contribution in [0.15, 0.2) is 82.6 Å². The van der Waals surface area contributed by atoms with Gasteiger partial charge in [-0.2, -0.15) is 0 Å².